The van der Waals surface area contributed by atoms with Crippen LogP contribution in [-0.4, -0.2) is 28.9 Å². The molecule has 0 bridgehead atoms. The first-order valence-electron chi connectivity index (χ1n) is 11.1. The highest BCUT2D eigenvalue weighted by Gasteiger charge is 2.25. The molecule has 174 valence electrons. The van der Waals surface area contributed by atoms with Crippen LogP contribution in [-0.2, 0) is 12.8 Å². The molecule has 0 atom stereocenters. The van der Waals surface area contributed by atoms with Crippen LogP contribution in [0.2, 0.25) is 0 Å². The second-order valence-electron chi connectivity index (χ2n) is 8.22. The second-order valence-corrected chi connectivity index (χ2v) is 10.2. The molecule has 0 N–H and O–H groups in total. The van der Waals surface area contributed by atoms with E-state index in [4.69, 9.17) is 14.5 Å². The number of nitrogens with zero attached hydrogens (tertiary/aromatic N) is 2. The molecular formula is C26H24N2O4S2. The summed E-state index contributed by atoms with van der Waals surface area (Å²) in [7, 11) is 3.07. The Kier molecular flexibility index (Phi) is 6.18. The number of hydrogen-bond acceptors (Lipinski definition) is 7. The molecule has 4 aromatic rings. The Hall–Kier alpha value is -3.10. The predicted molar refractivity (Wildman–Crippen MR) is 136 cm³/mol. The molecule has 5 rings (SSSR count). The summed E-state index contributed by atoms with van der Waals surface area (Å²) < 4.78 is 12.3. The average molecular weight is 493 g/mol. The zero-order valence-electron chi connectivity index (χ0n) is 19.2. The molecule has 0 unspecified atom stereocenters. The van der Waals surface area contributed by atoms with Crippen LogP contribution in [0.1, 0.15) is 39.2 Å². The quantitative estimate of drug-likeness (QED) is 0.267. The van der Waals surface area contributed by atoms with Gasteiger partial charge in [0.05, 0.1) is 30.9 Å². The van der Waals surface area contributed by atoms with Gasteiger partial charge in [0.2, 0.25) is 5.12 Å². The summed E-state index contributed by atoms with van der Waals surface area (Å²) >= 11 is 2.52. The number of carbonyl (C=O) groups excluding carboxylic acids is 1. The van der Waals surface area contributed by atoms with Crippen LogP contribution in [0.25, 0.3) is 15.9 Å². The first-order valence-corrected chi connectivity index (χ1v) is 12.7. The van der Waals surface area contributed by atoms with Crippen LogP contribution >= 0.6 is 23.1 Å². The van der Waals surface area contributed by atoms with Gasteiger partial charge in [-0.3, -0.25) is 14.2 Å². The van der Waals surface area contributed by atoms with Gasteiger partial charge in [-0.2, -0.15) is 0 Å². The Morgan fingerprint density at radius 1 is 1.09 bits per heavy atom. The molecule has 0 spiro atoms. The lowest BCUT2D eigenvalue weighted by Crippen LogP contribution is -2.22. The molecule has 8 heteroatoms. The van der Waals surface area contributed by atoms with Gasteiger partial charge in [0.15, 0.2) is 5.16 Å². The van der Waals surface area contributed by atoms with Crippen molar-refractivity contribution in [3.05, 3.63) is 74.4 Å². The zero-order chi connectivity index (χ0) is 23.8. The molecule has 0 radical (unpaired) electrons. The molecule has 0 saturated carbocycles. The van der Waals surface area contributed by atoms with Crippen molar-refractivity contribution in [3.8, 4) is 17.2 Å². The van der Waals surface area contributed by atoms with Gasteiger partial charge in [-0.05, 0) is 79.8 Å². The number of carbonyl (C=O) groups is 1. The Labute approximate surface area is 205 Å². The molecule has 1 aliphatic rings. The van der Waals surface area contributed by atoms with Crippen LogP contribution in [0.15, 0.2) is 52.4 Å². The van der Waals surface area contributed by atoms with E-state index >= 15 is 0 Å². The third-order valence-electron chi connectivity index (χ3n) is 6.03. The molecule has 0 saturated heterocycles. The minimum atomic E-state index is -0.256. The maximum atomic E-state index is 13.9. The predicted octanol–water partition coefficient (Wildman–Crippen LogP) is 5.58. The number of thiophene rings is 1. The molecule has 0 amide bonds. The summed E-state index contributed by atoms with van der Waals surface area (Å²) in [6, 6.07) is 12.8. The smallest absolute Gasteiger partial charge is 0.267 e. The van der Waals surface area contributed by atoms with Gasteiger partial charge < -0.3 is 9.47 Å². The summed E-state index contributed by atoms with van der Waals surface area (Å²) in [5, 5.41) is 0.790. The number of hydrogen-bond donors (Lipinski definition) is 0. The number of thioether (sulfide) groups is 1. The van der Waals surface area contributed by atoms with E-state index in [1.807, 2.05) is 31.2 Å². The second kappa shape index (κ2) is 9.27. The number of aromatic nitrogens is 2. The van der Waals surface area contributed by atoms with Crippen molar-refractivity contribution in [2.45, 2.75) is 37.8 Å². The number of aryl methyl sites for hydroxylation is 3. The number of rotatable bonds is 5. The maximum absolute atomic E-state index is 13.9. The van der Waals surface area contributed by atoms with E-state index in [9.17, 15) is 9.59 Å². The molecule has 0 aliphatic heterocycles. The number of benzene rings is 2. The van der Waals surface area contributed by atoms with Gasteiger partial charge in [-0.15, -0.1) is 11.3 Å². The van der Waals surface area contributed by atoms with Crippen molar-refractivity contribution in [2.24, 2.45) is 0 Å². The van der Waals surface area contributed by atoms with Crippen LogP contribution in [0.3, 0.4) is 0 Å². The lowest BCUT2D eigenvalue weighted by molar-refractivity contribution is 0.108. The molecule has 6 nitrogen and oxygen atoms in total. The minimum absolute atomic E-state index is 0.119. The highest BCUT2D eigenvalue weighted by atomic mass is 32.2. The third kappa shape index (κ3) is 4.01. The number of methoxy groups -OCH3 is 2. The van der Waals surface area contributed by atoms with Crippen molar-refractivity contribution >= 4 is 38.4 Å². The Morgan fingerprint density at radius 2 is 1.91 bits per heavy atom. The van der Waals surface area contributed by atoms with E-state index in [0.29, 0.717) is 38.1 Å². The number of ether oxygens (including phenoxy) is 2. The van der Waals surface area contributed by atoms with E-state index in [1.165, 1.54) is 12.0 Å². The molecule has 0 fully saturated rings. The van der Waals surface area contributed by atoms with Crippen LogP contribution in [0, 0.1) is 6.92 Å². The minimum Gasteiger partial charge on any atom is -0.497 e. The van der Waals surface area contributed by atoms with Crippen molar-refractivity contribution in [1.82, 2.24) is 9.55 Å². The van der Waals surface area contributed by atoms with E-state index < -0.39 is 0 Å². The molecule has 1 aliphatic carbocycles. The van der Waals surface area contributed by atoms with Crippen molar-refractivity contribution in [1.29, 1.82) is 0 Å². The largest absolute Gasteiger partial charge is 0.497 e. The van der Waals surface area contributed by atoms with Crippen molar-refractivity contribution in [2.75, 3.05) is 14.2 Å². The van der Waals surface area contributed by atoms with Gasteiger partial charge >= 0.3 is 0 Å². The van der Waals surface area contributed by atoms with Gasteiger partial charge in [0, 0.05) is 10.9 Å². The summed E-state index contributed by atoms with van der Waals surface area (Å²) in [5.74, 6) is 1.01. The molecule has 34 heavy (non-hydrogen) atoms. The lowest BCUT2D eigenvalue weighted by Gasteiger charge is -2.14. The standard InChI is InChI=1S/C26H24N2O4S2/c1-15-7-6-8-16(13-15)28-24(29)22-19-9-4-5-10-21(19)33-23(22)27-26(28)34-25(30)18-12-11-17(31-2)14-20(18)32-3/h6-8,11-14H,4-5,9-10H2,1-3H3. The molecular weight excluding hydrogens is 468 g/mol. The fourth-order valence-corrected chi connectivity index (χ4v) is 6.53. The third-order valence-corrected chi connectivity index (χ3v) is 8.08. The van der Waals surface area contributed by atoms with E-state index in [2.05, 4.69) is 0 Å². The molecule has 2 heterocycles. The Bertz CT molecular complexity index is 1470. The van der Waals surface area contributed by atoms with E-state index in [-0.39, 0.29) is 10.7 Å². The van der Waals surface area contributed by atoms with E-state index in [0.717, 1.165) is 48.6 Å². The van der Waals surface area contributed by atoms with Crippen molar-refractivity contribution < 1.29 is 14.3 Å². The Morgan fingerprint density at radius 3 is 2.68 bits per heavy atom. The van der Waals surface area contributed by atoms with Gasteiger partial charge in [-0.25, -0.2) is 4.98 Å². The van der Waals surface area contributed by atoms with Crippen LogP contribution in [0.5, 0.6) is 11.5 Å². The summed E-state index contributed by atoms with van der Waals surface area (Å²) in [6.45, 7) is 1.98. The highest BCUT2D eigenvalue weighted by molar-refractivity contribution is 8.14. The SMILES string of the molecule is COc1ccc(C(=O)Sc2nc3sc4c(c3c(=O)n2-c2cccc(C)c2)CCCC4)c(OC)c1. The van der Waals surface area contributed by atoms with Crippen molar-refractivity contribution in [3.63, 3.8) is 0 Å². The average Bonchev–Trinajstić information content (AvgIpc) is 3.22. The summed E-state index contributed by atoms with van der Waals surface area (Å²) in [5.41, 5.74) is 3.13. The molecule has 2 aromatic heterocycles. The zero-order valence-corrected chi connectivity index (χ0v) is 20.8. The highest BCUT2D eigenvalue weighted by Crippen LogP contribution is 2.36. The first-order chi connectivity index (χ1) is 16.5. The molecule has 2 aromatic carbocycles. The topological polar surface area (TPSA) is 70.4 Å². The maximum Gasteiger partial charge on any atom is 0.267 e. The Balaban J connectivity index is 1.68. The lowest BCUT2D eigenvalue weighted by atomic mass is 9.97. The normalized spacial score (nSPS) is 13.0. The van der Waals surface area contributed by atoms with Gasteiger partial charge in [-0.1, -0.05) is 12.1 Å². The van der Waals surface area contributed by atoms with Gasteiger partial charge in [0.25, 0.3) is 5.56 Å². The fourth-order valence-electron chi connectivity index (χ4n) is 4.35. The summed E-state index contributed by atoms with van der Waals surface area (Å²) in [4.78, 5) is 34.1. The number of fused-ring (bicyclic) bond motifs is 3. The fraction of sp³-hybridized carbons (Fsp3) is 0.269. The van der Waals surface area contributed by atoms with Crippen LogP contribution < -0.4 is 15.0 Å². The summed E-state index contributed by atoms with van der Waals surface area (Å²) in [6.07, 6.45) is 4.08. The van der Waals surface area contributed by atoms with Gasteiger partial charge in [0.1, 0.15) is 16.3 Å². The first kappa shape index (κ1) is 22.7. The van der Waals surface area contributed by atoms with E-state index in [1.54, 1.807) is 41.2 Å². The monoisotopic (exact) mass is 492 g/mol. The van der Waals surface area contributed by atoms with Crippen LogP contribution in [0.4, 0.5) is 0 Å².